The summed E-state index contributed by atoms with van der Waals surface area (Å²) in [7, 11) is 0. The standard InChI is InChI=1S/C15H19N3O4S/c1-3-9(2)12(15(21)22)17-11(19)4-6-18-8-16-13-10(14(18)20)5-7-23-13/h5,7-9,12H,3-4,6H2,1-2H3,(H,17,19)(H,21,22). The van der Waals surface area contributed by atoms with Gasteiger partial charge in [-0.3, -0.25) is 14.2 Å². The Balaban J connectivity index is 2.01. The van der Waals surface area contributed by atoms with Crippen molar-refractivity contribution in [2.45, 2.75) is 39.3 Å². The van der Waals surface area contributed by atoms with Crippen molar-refractivity contribution < 1.29 is 14.7 Å². The molecule has 0 aliphatic rings. The van der Waals surface area contributed by atoms with Crippen molar-refractivity contribution in [3.8, 4) is 0 Å². The third-order valence-electron chi connectivity index (χ3n) is 3.83. The number of nitrogens with one attached hydrogen (secondary N) is 1. The first-order chi connectivity index (χ1) is 10.9. The number of amides is 1. The van der Waals surface area contributed by atoms with E-state index < -0.39 is 17.9 Å². The molecule has 2 aromatic heterocycles. The molecule has 0 aromatic carbocycles. The number of aliphatic carboxylic acids is 1. The van der Waals surface area contributed by atoms with Crippen LogP contribution in [0.25, 0.3) is 10.2 Å². The van der Waals surface area contributed by atoms with Gasteiger partial charge in [-0.05, 0) is 17.4 Å². The topological polar surface area (TPSA) is 101 Å². The zero-order valence-corrected chi connectivity index (χ0v) is 13.8. The molecule has 2 heterocycles. The summed E-state index contributed by atoms with van der Waals surface area (Å²) in [5.74, 6) is -1.61. The Morgan fingerprint density at radius 3 is 2.87 bits per heavy atom. The Morgan fingerprint density at radius 1 is 1.48 bits per heavy atom. The van der Waals surface area contributed by atoms with E-state index in [1.807, 2.05) is 6.92 Å². The zero-order valence-electron chi connectivity index (χ0n) is 13.0. The number of hydrogen-bond acceptors (Lipinski definition) is 5. The van der Waals surface area contributed by atoms with Crippen LogP contribution in [0.15, 0.2) is 22.6 Å². The van der Waals surface area contributed by atoms with Gasteiger partial charge in [0.15, 0.2) is 0 Å². The fourth-order valence-electron chi connectivity index (χ4n) is 2.20. The molecule has 8 heteroatoms. The van der Waals surface area contributed by atoms with Crippen LogP contribution in [0, 0.1) is 5.92 Å². The van der Waals surface area contributed by atoms with Crippen molar-refractivity contribution in [2.75, 3.05) is 0 Å². The Kier molecular flexibility index (Phi) is 5.49. The first kappa shape index (κ1) is 17.1. The van der Waals surface area contributed by atoms with Gasteiger partial charge < -0.3 is 10.4 Å². The van der Waals surface area contributed by atoms with Gasteiger partial charge in [0, 0.05) is 13.0 Å². The lowest BCUT2D eigenvalue weighted by molar-refractivity contribution is -0.143. The second-order valence-corrected chi connectivity index (χ2v) is 6.30. The fourth-order valence-corrected chi connectivity index (χ4v) is 2.93. The van der Waals surface area contributed by atoms with E-state index in [1.165, 1.54) is 22.2 Å². The predicted molar refractivity (Wildman–Crippen MR) is 87.5 cm³/mol. The van der Waals surface area contributed by atoms with Crippen LogP contribution in [-0.4, -0.2) is 32.6 Å². The molecule has 0 aliphatic heterocycles. The number of aryl methyl sites for hydroxylation is 1. The zero-order chi connectivity index (χ0) is 17.0. The van der Waals surface area contributed by atoms with Gasteiger partial charge >= 0.3 is 5.97 Å². The Morgan fingerprint density at radius 2 is 2.22 bits per heavy atom. The smallest absolute Gasteiger partial charge is 0.326 e. The number of aromatic nitrogens is 2. The summed E-state index contributed by atoms with van der Waals surface area (Å²) in [5, 5.41) is 14.0. The third kappa shape index (κ3) is 3.95. The van der Waals surface area contributed by atoms with Crippen LogP contribution in [0.3, 0.4) is 0 Å². The van der Waals surface area contributed by atoms with Crippen LogP contribution < -0.4 is 10.9 Å². The summed E-state index contributed by atoms with van der Waals surface area (Å²) < 4.78 is 1.37. The normalized spacial score (nSPS) is 13.7. The van der Waals surface area contributed by atoms with Crippen molar-refractivity contribution in [3.05, 3.63) is 28.1 Å². The average molecular weight is 337 g/mol. The maximum absolute atomic E-state index is 12.2. The summed E-state index contributed by atoms with van der Waals surface area (Å²) in [6, 6.07) is 0.789. The highest BCUT2D eigenvalue weighted by atomic mass is 32.1. The highest BCUT2D eigenvalue weighted by Gasteiger charge is 2.25. The molecule has 0 spiro atoms. The molecule has 0 fully saturated rings. The molecular weight excluding hydrogens is 318 g/mol. The third-order valence-corrected chi connectivity index (χ3v) is 4.65. The lowest BCUT2D eigenvalue weighted by Gasteiger charge is -2.20. The van der Waals surface area contributed by atoms with Crippen LogP contribution in [0.5, 0.6) is 0 Å². The molecule has 7 nitrogen and oxygen atoms in total. The summed E-state index contributed by atoms with van der Waals surface area (Å²) in [4.78, 5) is 40.2. The molecule has 2 unspecified atom stereocenters. The fraction of sp³-hybridized carbons (Fsp3) is 0.467. The number of nitrogens with zero attached hydrogens (tertiary/aromatic N) is 2. The number of carboxylic acid groups (broad SMARTS) is 1. The van der Waals surface area contributed by atoms with E-state index in [4.69, 9.17) is 5.11 Å². The van der Waals surface area contributed by atoms with Gasteiger partial charge in [0.05, 0.1) is 11.7 Å². The van der Waals surface area contributed by atoms with Crippen molar-refractivity contribution in [2.24, 2.45) is 5.92 Å². The highest BCUT2D eigenvalue weighted by molar-refractivity contribution is 7.16. The minimum atomic E-state index is -1.05. The van der Waals surface area contributed by atoms with Gasteiger partial charge in [0.2, 0.25) is 5.91 Å². The van der Waals surface area contributed by atoms with Crippen molar-refractivity contribution in [1.29, 1.82) is 0 Å². The molecule has 0 saturated carbocycles. The molecule has 0 aliphatic carbocycles. The maximum atomic E-state index is 12.2. The molecule has 124 valence electrons. The minimum Gasteiger partial charge on any atom is -0.480 e. The van der Waals surface area contributed by atoms with Gasteiger partial charge in [-0.15, -0.1) is 11.3 Å². The molecule has 2 N–H and O–H groups in total. The number of hydrogen-bond donors (Lipinski definition) is 2. The monoisotopic (exact) mass is 337 g/mol. The van der Waals surface area contributed by atoms with Gasteiger partial charge in [0.1, 0.15) is 10.9 Å². The van der Waals surface area contributed by atoms with Gasteiger partial charge in [0.25, 0.3) is 5.56 Å². The Labute approximate surface area is 137 Å². The lowest BCUT2D eigenvalue weighted by atomic mass is 9.99. The van der Waals surface area contributed by atoms with Crippen molar-refractivity contribution in [3.63, 3.8) is 0 Å². The maximum Gasteiger partial charge on any atom is 0.326 e. The molecule has 2 rings (SSSR count). The van der Waals surface area contributed by atoms with E-state index in [1.54, 1.807) is 18.4 Å². The molecule has 23 heavy (non-hydrogen) atoms. The van der Waals surface area contributed by atoms with Crippen LogP contribution in [0.4, 0.5) is 0 Å². The molecule has 0 radical (unpaired) electrons. The number of rotatable bonds is 7. The molecule has 1 amide bonds. The van der Waals surface area contributed by atoms with E-state index in [0.29, 0.717) is 16.6 Å². The van der Waals surface area contributed by atoms with E-state index in [0.717, 1.165) is 0 Å². The van der Waals surface area contributed by atoms with Crippen molar-refractivity contribution in [1.82, 2.24) is 14.9 Å². The lowest BCUT2D eigenvalue weighted by Crippen LogP contribution is -2.45. The quantitative estimate of drug-likeness (QED) is 0.796. The van der Waals surface area contributed by atoms with E-state index in [-0.39, 0.29) is 24.4 Å². The number of carbonyl (C=O) groups is 2. The number of carbonyl (C=O) groups excluding carboxylic acids is 1. The minimum absolute atomic E-state index is 0.0252. The second-order valence-electron chi connectivity index (χ2n) is 5.40. The summed E-state index contributed by atoms with van der Waals surface area (Å²) in [6.45, 7) is 3.81. The Hall–Kier alpha value is -2.22. The molecule has 2 atom stereocenters. The van der Waals surface area contributed by atoms with Crippen LogP contribution in [0.2, 0.25) is 0 Å². The SMILES string of the molecule is CCC(C)C(NC(=O)CCn1cnc2sccc2c1=O)C(=O)O. The van der Waals surface area contributed by atoms with E-state index in [2.05, 4.69) is 10.3 Å². The van der Waals surface area contributed by atoms with Gasteiger partial charge in [-0.25, -0.2) is 9.78 Å². The van der Waals surface area contributed by atoms with Gasteiger partial charge in [-0.2, -0.15) is 0 Å². The molecule has 0 bridgehead atoms. The molecule has 0 saturated heterocycles. The van der Waals surface area contributed by atoms with Gasteiger partial charge in [-0.1, -0.05) is 20.3 Å². The summed E-state index contributed by atoms with van der Waals surface area (Å²) in [5.41, 5.74) is -0.194. The average Bonchev–Trinajstić information content (AvgIpc) is 3.00. The largest absolute Gasteiger partial charge is 0.480 e. The van der Waals surface area contributed by atoms with Crippen LogP contribution in [0.1, 0.15) is 26.7 Å². The van der Waals surface area contributed by atoms with Crippen LogP contribution in [-0.2, 0) is 16.1 Å². The highest BCUT2D eigenvalue weighted by Crippen LogP contribution is 2.13. The number of thiophene rings is 1. The summed E-state index contributed by atoms with van der Waals surface area (Å²) >= 11 is 1.38. The first-order valence-electron chi connectivity index (χ1n) is 7.38. The van der Waals surface area contributed by atoms with Crippen LogP contribution >= 0.6 is 11.3 Å². The first-order valence-corrected chi connectivity index (χ1v) is 8.26. The molecule has 2 aromatic rings. The van der Waals surface area contributed by atoms with Crippen molar-refractivity contribution >= 4 is 33.4 Å². The number of carboxylic acids is 1. The summed E-state index contributed by atoms with van der Waals surface area (Å²) in [6.07, 6.45) is 2.09. The van der Waals surface area contributed by atoms with E-state index in [9.17, 15) is 14.4 Å². The molecular formula is C15H19N3O4S. The number of fused-ring (bicyclic) bond motifs is 1. The predicted octanol–water partition coefficient (Wildman–Crippen LogP) is 1.46. The van der Waals surface area contributed by atoms with E-state index >= 15 is 0 Å². The second kappa shape index (κ2) is 7.36. The Bertz CT molecular complexity index is 767.